The van der Waals surface area contributed by atoms with Crippen LogP contribution in [0.3, 0.4) is 0 Å². The minimum atomic E-state index is -0.470. The third-order valence-corrected chi connectivity index (χ3v) is 2.54. The van der Waals surface area contributed by atoms with Gasteiger partial charge in [0.05, 0.1) is 12.0 Å². The molecule has 86 valence electrons. The lowest BCUT2D eigenvalue weighted by Gasteiger charge is -2.03. The van der Waals surface area contributed by atoms with Gasteiger partial charge >= 0.3 is 5.97 Å². The predicted octanol–water partition coefficient (Wildman–Crippen LogP) is 1.36. The van der Waals surface area contributed by atoms with Crippen LogP contribution in [0.25, 0.3) is 0 Å². The van der Waals surface area contributed by atoms with Crippen molar-refractivity contribution < 1.29 is 14.5 Å². The zero-order valence-corrected chi connectivity index (χ0v) is 9.32. The number of nitrogens with zero attached hydrogens (tertiary/aromatic N) is 1. The molecular formula is C9H10N2O4S. The van der Waals surface area contributed by atoms with Crippen molar-refractivity contribution in [1.82, 2.24) is 4.72 Å². The topological polar surface area (TPSA) is 81.5 Å². The van der Waals surface area contributed by atoms with Crippen molar-refractivity contribution in [2.45, 2.75) is 4.90 Å². The molecule has 1 N–H and O–H groups in total. The van der Waals surface area contributed by atoms with Gasteiger partial charge in [-0.15, -0.1) is 0 Å². The van der Waals surface area contributed by atoms with Crippen LogP contribution in [0.1, 0.15) is 0 Å². The van der Waals surface area contributed by atoms with Crippen molar-refractivity contribution in [2.75, 3.05) is 13.7 Å². The maximum absolute atomic E-state index is 10.8. The predicted molar refractivity (Wildman–Crippen MR) is 59.0 cm³/mol. The first-order valence-electron chi connectivity index (χ1n) is 4.35. The van der Waals surface area contributed by atoms with E-state index in [4.69, 9.17) is 0 Å². The van der Waals surface area contributed by atoms with Gasteiger partial charge in [0.1, 0.15) is 11.4 Å². The van der Waals surface area contributed by atoms with Crippen LogP contribution >= 0.6 is 11.9 Å². The van der Waals surface area contributed by atoms with Crippen LogP contribution in [0.4, 0.5) is 5.69 Å². The van der Waals surface area contributed by atoms with Crippen LogP contribution in [0.15, 0.2) is 29.2 Å². The molecule has 0 unspecified atom stereocenters. The van der Waals surface area contributed by atoms with Gasteiger partial charge in [0, 0.05) is 6.07 Å². The van der Waals surface area contributed by atoms with Crippen molar-refractivity contribution in [3.8, 4) is 0 Å². The Morgan fingerprint density at radius 2 is 2.25 bits per heavy atom. The standard InChI is InChI=1S/C9H10N2O4S/c1-15-9(12)6-10-16-8-5-3-2-4-7(8)11(13)14/h2-5,10H,6H2,1H3. The molecule has 0 fully saturated rings. The van der Waals surface area contributed by atoms with Crippen molar-refractivity contribution >= 4 is 23.6 Å². The molecule has 1 aromatic carbocycles. The van der Waals surface area contributed by atoms with Gasteiger partial charge in [0.2, 0.25) is 0 Å². The fourth-order valence-corrected chi connectivity index (χ4v) is 1.68. The number of hydrogen-bond donors (Lipinski definition) is 1. The third-order valence-electron chi connectivity index (χ3n) is 1.69. The second-order valence-corrected chi connectivity index (χ2v) is 3.66. The molecular weight excluding hydrogens is 232 g/mol. The van der Waals surface area contributed by atoms with E-state index in [2.05, 4.69) is 9.46 Å². The SMILES string of the molecule is COC(=O)CNSc1ccccc1[N+](=O)[O-]. The Bertz CT molecular complexity index is 397. The highest BCUT2D eigenvalue weighted by atomic mass is 32.2. The van der Waals surface area contributed by atoms with Gasteiger partial charge in [-0.05, 0) is 18.0 Å². The van der Waals surface area contributed by atoms with Gasteiger partial charge in [0.25, 0.3) is 5.69 Å². The number of nitrogens with one attached hydrogen (secondary N) is 1. The lowest BCUT2D eigenvalue weighted by molar-refractivity contribution is -0.387. The Labute approximate surface area is 96.3 Å². The van der Waals surface area contributed by atoms with E-state index in [1.165, 1.54) is 13.2 Å². The van der Waals surface area contributed by atoms with Crippen LogP contribution in [-0.4, -0.2) is 24.5 Å². The van der Waals surface area contributed by atoms with E-state index < -0.39 is 10.9 Å². The molecule has 0 heterocycles. The number of ether oxygens (including phenoxy) is 1. The van der Waals surface area contributed by atoms with Crippen molar-refractivity contribution in [3.63, 3.8) is 0 Å². The zero-order valence-electron chi connectivity index (χ0n) is 8.50. The summed E-state index contributed by atoms with van der Waals surface area (Å²) in [4.78, 5) is 21.4. The Hall–Kier alpha value is -1.60. The first-order chi connectivity index (χ1) is 7.65. The molecule has 6 nitrogen and oxygen atoms in total. The Kier molecular flexibility index (Phi) is 4.74. The molecule has 0 aliphatic rings. The third kappa shape index (κ3) is 3.52. The van der Waals surface area contributed by atoms with Crippen LogP contribution in [0, 0.1) is 10.1 Å². The molecule has 7 heteroatoms. The number of nitro benzene ring substituents is 1. The van der Waals surface area contributed by atoms with E-state index in [1.807, 2.05) is 0 Å². The van der Waals surface area contributed by atoms with E-state index in [-0.39, 0.29) is 12.2 Å². The molecule has 0 aromatic heterocycles. The monoisotopic (exact) mass is 242 g/mol. The molecule has 0 saturated heterocycles. The summed E-state index contributed by atoms with van der Waals surface area (Å²) >= 11 is 1.03. The van der Waals surface area contributed by atoms with E-state index in [0.29, 0.717) is 4.90 Å². The summed E-state index contributed by atoms with van der Waals surface area (Å²) in [5.41, 5.74) is 0.00451. The molecule has 1 rings (SSSR count). The number of esters is 1. The summed E-state index contributed by atoms with van der Waals surface area (Å²) in [5, 5.41) is 10.6. The number of carbonyl (C=O) groups excluding carboxylic acids is 1. The summed E-state index contributed by atoms with van der Waals surface area (Å²) in [6.07, 6.45) is 0. The molecule has 0 atom stereocenters. The first kappa shape index (κ1) is 12.5. The van der Waals surface area contributed by atoms with E-state index in [0.717, 1.165) is 11.9 Å². The average molecular weight is 242 g/mol. The lowest BCUT2D eigenvalue weighted by Crippen LogP contribution is -2.17. The van der Waals surface area contributed by atoms with E-state index in [9.17, 15) is 14.9 Å². The summed E-state index contributed by atoms with van der Waals surface area (Å²) in [7, 11) is 1.28. The van der Waals surface area contributed by atoms with Gasteiger partial charge in [0.15, 0.2) is 0 Å². The Morgan fingerprint density at radius 1 is 1.56 bits per heavy atom. The maximum Gasteiger partial charge on any atom is 0.320 e. The largest absolute Gasteiger partial charge is 0.468 e. The highest BCUT2D eigenvalue weighted by Gasteiger charge is 2.12. The van der Waals surface area contributed by atoms with Crippen LogP contribution in [0.2, 0.25) is 0 Å². The molecule has 0 amide bonds. The number of hydrogen-bond acceptors (Lipinski definition) is 6. The lowest BCUT2D eigenvalue weighted by atomic mass is 10.3. The second-order valence-electron chi connectivity index (χ2n) is 2.72. The molecule has 0 radical (unpaired) electrons. The highest BCUT2D eigenvalue weighted by Crippen LogP contribution is 2.26. The number of methoxy groups -OCH3 is 1. The molecule has 0 aliphatic carbocycles. The van der Waals surface area contributed by atoms with E-state index in [1.54, 1.807) is 18.2 Å². The number of benzene rings is 1. The van der Waals surface area contributed by atoms with Crippen molar-refractivity contribution in [2.24, 2.45) is 0 Å². The fraction of sp³-hybridized carbons (Fsp3) is 0.222. The normalized spacial score (nSPS) is 9.81. The van der Waals surface area contributed by atoms with Gasteiger partial charge in [-0.1, -0.05) is 12.1 Å². The first-order valence-corrected chi connectivity index (χ1v) is 5.16. The minimum Gasteiger partial charge on any atom is -0.468 e. The number of rotatable bonds is 5. The van der Waals surface area contributed by atoms with Gasteiger partial charge in [-0.2, -0.15) is 0 Å². The molecule has 1 aromatic rings. The fourth-order valence-electron chi connectivity index (χ4n) is 0.939. The van der Waals surface area contributed by atoms with Gasteiger partial charge < -0.3 is 4.74 Å². The summed E-state index contributed by atoms with van der Waals surface area (Å²) < 4.78 is 7.10. The van der Waals surface area contributed by atoms with Gasteiger partial charge in [-0.3, -0.25) is 14.9 Å². The Balaban J connectivity index is 2.60. The van der Waals surface area contributed by atoms with E-state index >= 15 is 0 Å². The maximum atomic E-state index is 10.8. The summed E-state index contributed by atoms with van der Waals surface area (Å²) in [6, 6.07) is 6.28. The molecule has 16 heavy (non-hydrogen) atoms. The van der Waals surface area contributed by atoms with Crippen LogP contribution in [-0.2, 0) is 9.53 Å². The Morgan fingerprint density at radius 3 is 2.88 bits per heavy atom. The van der Waals surface area contributed by atoms with Crippen molar-refractivity contribution in [1.29, 1.82) is 0 Å². The smallest absolute Gasteiger partial charge is 0.320 e. The zero-order chi connectivity index (χ0) is 12.0. The number of carbonyl (C=O) groups is 1. The molecule has 0 bridgehead atoms. The summed E-state index contributed by atoms with van der Waals surface area (Å²) in [5.74, 6) is -0.425. The quantitative estimate of drug-likeness (QED) is 0.363. The molecule has 0 aliphatic heterocycles. The second kappa shape index (κ2) is 6.09. The molecule has 0 saturated carbocycles. The number of nitro groups is 1. The number of para-hydroxylation sites is 1. The van der Waals surface area contributed by atoms with Crippen LogP contribution in [0.5, 0.6) is 0 Å². The average Bonchev–Trinajstić information content (AvgIpc) is 2.29. The highest BCUT2D eigenvalue weighted by molar-refractivity contribution is 7.97. The van der Waals surface area contributed by atoms with Crippen molar-refractivity contribution in [3.05, 3.63) is 34.4 Å². The summed E-state index contributed by atoms with van der Waals surface area (Å²) in [6.45, 7) is -0.00673. The minimum absolute atomic E-state index is 0.00451. The van der Waals surface area contributed by atoms with Crippen LogP contribution < -0.4 is 4.72 Å². The molecule has 0 spiro atoms. The van der Waals surface area contributed by atoms with Gasteiger partial charge in [-0.25, -0.2) is 4.72 Å².